The molecule has 1 aliphatic rings. The third kappa shape index (κ3) is 1.07. The second kappa shape index (κ2) is 2.37. The van der Waals surface area contributed by atoms with Crippen LogP contribution >= 0.6 is 0 Å². The van der Waals surface area contributed by atoms with Crippen molar-refractivity contribution in [3.05, 3.63) is 0 Å². The SMILES string of the molecule is C#C[C@H]1C[C@@H](C(C)=O)C1(C)C. The van der Waals surface area contributed by atoms with E-state index in [1.54, 1.807) is 6.92 Å². The molecule has 0 N–H and O–H groups in total. The summed E-state index contributed by atoms with van der Waals surface area (Å²) in [7, 11) is 0. The van der Waals surface area contributed by atoms with Gasteiger partial charge in [-0.25, -0.2) is 0 Å². The molecule has 60 valence electrons. The highest BCUT2D eigenvalue weighted by Gasteiger charge is 2.49. The van der Waals surface area contributed by atoms with Crippen molar-refractivity contribution in [1.82, 2.24) is 0 Å². The van der Waals surface area contributed by atoms with Crippen LogP contribution in [0.5, 0.6) is 0 Å². The number of hydrogen-bond acceptors (Lipinski definition) is 1. The molecular weight excluding hydrogens is 136 g/mol. The normalized spacial score (nSPS) is 33.6. The average molecular weight is 150 g/mol. The van der Waals surface area contributed by atoms with Crippen LogP contribution in [0.2, 0.25) is 0 Å². The molecule has 1 saturated carbocycles. The first-order chi connectivity index (χ1) is 5.00. The first-order valence-electron chi connectivity index (χ1n) is 3.96. The Balaban J connectivity index is 2.70. The van der Waals surface area contributed by atoms with Gasteiger partial charge in [0.15, 0.2) is 0 Å². The summed E-state index contributed by atoms with van der Waals surface area (Å²) < 4.78 is 0. The fraction of sp³-hybridized carbons (Fsp3) is 0.700. The maximum Gasteiger partial charge on any atom is 0.133 e. The van der Waals surface area contributed by atoms with Crippen molar-refractivity contribution < 1.29 is 4.79 Å². The smallest absolute Gasteiger partial charge is 0.133 e. The van der Waals surface area contributed by atoms with E-state index in [0.717, 1.165) is 6.42 Å². The van der Waals surface area contributed by atoms with E-state index in [1.807, 2.05) is 0 Å². The fourth-order valence-electron chi connectivity index (χ4n) is 1.90. The van der Waals surface area contributed by atoms with Crippen LogP contribution in [0.3, 0.4) is 0 Å². The molecule has 0 aromatic heterocycles. The van der Waals surface area contributed by atoms with Gasteiger partial charge >= 0.3 is 0 Å². The predicted octanol–water partition coefficient (Wildman–Crippen LogP) is 1.87. The van der Waals surface area contributed by atoms with Crippen molar-refractivity contribution in [2.75, 3.05) is 0 Å². The minimum absolute atomic E-state index is 0.0422. The molecule has 11 heavy (non-hydrogen) atoms. The van der Waals surface area contributed by atoms with E-state index in [4.69, 9.17) is 6.42 Å². The zero-order chi connectivity index (χ0) is 8.65. The summed E-state index contributed by atoms with van der Waals surface area (Å²) >= 11 is 0. The lowest BCUT2D eigenvalue weighted by atomic mass is 9.54. The minimum atomic E-state index is 0.0422. The zero-order valence-corrected chi connectivity index (χ0v) is 7.35. The van der Waals surface area contributed by atoms with Gasteiger partial charge in [-0.1, -0.05) is 13.8 Å². The quantitative estimate of drug-likeness (QED) is 0.521. The Morgan fingerprint density at radius 3 is 2.45 bits per heavy atom. The summed E-state index contributed by atoms with van der Waals surface area (Å²) in [6.45, 7) is 5.80. The van der Waals surface area contributed by atoms with E-state index in [-0.39, 0.29) is 17.1 Å². The molecule has 2 atom stereocenters. The van der Waals surface area contributed by atoms with Gasteiger partial charge in [0.05, 0.1) is 0 Å². The molecule has 1 aliphatic carbocycles. The van der Waals surface area contributed by atoms with Crippen molar-refractivity contribution >= 4 is 5.78 Å². The summed E-state index contributed by atoms with van der Waals surface area (Å²) in [6.07, 6.45) is 6.20. The second-order valence-corrected chi connectivity index (χ2v) is 3.94. The van der Waals surface area contributed by atoms with E-state index in [0.29, 0.717) is 5.92 Å². The van der Waals surface area contributed by atoms with Gasteiger partial charge in [-0.05, 0) is 18.8 Å². The molecular formula is C10H14O. The highest BCUT2D eigenvalue weighted by Crippen LogP contribution is 2.51. The number of carbonyl (C=O) groups excluding carboxylic acids is 1. The van der Waals surface area contributed by atoms with Crippen LogP contribution in [0, 0.1) is 29.6 Å². The van der Waals surface area contributed by atoms with Crippen LogP contribution in [0.15, 0.2) is 0 Å². The van der Waals surface area contributed by atoms with Crippen molar-refractivity contribution in [1.29, 1.82) is 0 Å². The lowest BCUT2D eigenvalue weighted by Crippen LogP contribution is -2.47. The Morgan fingerprint density at radius 2 is 2.18 bits per heavy atom. The maximum absolute atomic E-state index is 11.0. The van der Waals surface area contributed by atoms with Crippen LogP contribution in [0.4, 0.5) is 0 Å². The molecule has 0 spiro atoms. The van der Waals surface area contributed by atoms with Gasteiger partial charge in [0.25, 0.3) is 0 Å². The molecule has 0 amide bonds. The highest BCUT2D eigenvalue weighted by molar-refractivity contribution is 5.80. The lowest BCUT2D eigenvalue weighted by molar-refractivity contribution is -0.132. The predicted molar refractivity (Wildman–Crippen MR) is 44.9 cm³/mol. The fourth-order valence-corrected chi connectivity index (χ4v) is 1.90. The standard InChI is InChI=1S/C10H14O/c1-5-8-6-9(7(2)11)10(8,3)4/h1,8-9H,6H2,2-4H3/t8-,9-/m0/s1. The first kappa shape index (κ1) is 8.33. The number of hydrogen-bond donors (Lipinski definition) is 0. The Labute approximate surface area is 68.2 Å². The van der Waals surface area contributed by atoms with Gasteiger partial charge in [0.2, 0.25) is 0 Å². The van der Waals surface area contributed by atoms with Crippen LogP contribution in [0.1, 0.15) is 27.2 Å². The molecule has 0 unspecified atom stereocenters. The molecule has 0 aliphatic heterocycles. The molecule has 1 nitrogen and oxygen atoms in total. The number of rotatable bonds is 1. The maximum atomic E-state index is 11.0. The van der Waals surface area contributed by atoms with Gasteiger partial charge in [-0.15, -0.1) is 12.3 Å². The molecule has 1 heteroatoms. The zero-order valence-electron chi connectivity index (χ0n) is 7.35. The molecule has 1 rings (SSSR count). The van der Waals surface area contributed by atoms with Gasteiger partial charge in [-0.3, -0.25) is 4.79 Å². The molecule has 0 aromatic carbocycles. The highest BCUT2D eigenvalue weighted by atomic mass is 16.1. The number of Topliss-reactive ketones (excluding diaryl/α,β-unsaturated/α-hetero) is 1. The molecule has 0 saturated heterocycles. The number of terminal acetylenes is 1. The van der Waals surface area contributed by atoms with Crippen molar-refractivity contribution in [3.8, 4) is 12.3 Å². The minimum Gasteiger partial charge on any atom is -0.300 e. The van der Waals surface area contributed by atoms with Crippen molar-refractivity contribution in [2.24, 2.45) is 17.3 Å². The van der Waals surface area contributed by atoms with E-state index >= 15 is 0 Å². The van der Waals surface area contributed by atoms with Crippen LogP contribution in [-0.4, -0.2) is 5.78 Å². The van der Waals surface area contributed by atoms with E-state index in [1.165, 1.54) is 0 Å². The second-order valence-electron chi connectivity index (χ2n) is 3.94. The van der Waals surface area contributed by atoms with Crippen molar-refractivity contribution in [3.63, 3.8) is 0 Å². The lowest BCUT2D eigenvalue weighted by Gasteiger charge is -2.48. The summed E-state index contributed by atoms with van der Waals surface area (Å²) in [5, 5.41) is 0. The largest absolute Gasteiger partial charge is 0.300 e. The summed E-state index contributed by atoms with van der Waals surface area (Å²) in [5.74, 6) is 3.50. The van der Waals surface area contributed by atoms with E-state index < -0.39 is 0 Å². The molecule has 0 bridgehead atoms. The van der Waals surface area contributed by atoms with Gasteiger partial charge < -0.3 is 0 Å². The summed E-state index contributed by atoms with van der Waals surface area (Å²) in [6, 6.07) is 0. The summed E-state index contributed by atoms with van der Waals surface area (Å²) in [4.78, 5) is 11.0. The monoisotopic (exact) mass is 150 g/mol. The van der Waals surface area contributed by atoms with E-state index in [2.05, 4.69) is 19.8 Å². The molecule has 1 fully saturated rings. The van der Waals surface area contributed by atoms with Gasteiger partial charge in [-0.2, -0.15) is 0 Å². The van der Waals surface area contributed by atoms with Crippen LogP contribution in [-0.2, 0) is 4.79 Å². The Kier molecular flexibility index (Phi) is 1.80. The van der Waals surface area contributed by atoms with Gasteiger partial charge in [0, 0.05) is 11.8 Å². The molecule has 0 radical (unpaired) electrons. The van der Waals surface area contributed by atoms with Crippen molar-refractivity contribution in [2.45, 2.75) is 27.2 Å². The third-order valence-electron chi connectivity index (χ3n) is 2.96. The first-order valence-corrected chi connectivity index (χ1v) is 3.96. The Bertz CT molecular complexity index is 220. The average Bonchev–Trinajstić information content (AvgIpc) is 1.85. The Hall–Kier alpha value is -0.770. The number of carbonyl (C=O) groups is 1. The third-order valence-corrected chi connectivity index (χ3v) is 2.96. The Morgan fingerprint density at radius 1 is 1.64 bits per heavy atom. The molecule has 0 aromatic rings. The molecule has 0 heterocycles. The van der Waals surface area contributed by atoms with E-state index in [9.17, 15) is 4.79 Å². The number of ketones is 1. The topological polar surface area (TPSA) is 17.1 Å². The van der Waals surface area contributed by atoms with Crippen LogP contribution in [0.25, 0.3) is 0 Å². The van der Waals surface area contributed by atoms with Gasteiger partial charge in [0.1, 0.15) is 5.78 Å². The summed E-state index contributed by atoms with van der Waals surface area (Å²) in [5.41, 5.74) is 0.0422. The van der Waals surface area contributed by atoms with Crippen LogP contribution < -0.4 is 0 Å².